The summed E-state index contributed by atoms with van der Waals surface area (Å²) in [5.74, 6) is 0.950. The van der Waals surface area contributed by atoms with Gasteiger partial charge in [0.2, 0.25) is 11.9 Å². The van der Waals surface area contributed by atoms with Gasteiger partial charge in [0, 0.05) is 26.2 Å². The van der Waals surface area contributed by atoms with Crippen LogP contribution < -0.4 is 4.90 Å². The van der Waals surface area contributed by atoms with Gasteiger partial charge in [0.25, 0.3) is 0 Å². The number of amides is 1. The van der Waals surface area contributed by atoms with Crippen LogP contribution >= 0.6 is 11.8 Å². The van der Waals surface area contributed by atoms with Gasteiger partial charge < -0.3 is 14.5 Å². The van der Waals surface area contributed by atoms with Gasteiger partial charge in [-0.25, -0.2) is 0 Å². The number of aryl methyl sites for hydroxylation is 1. The third kappa shape index (κ3) is 4.63. The molecule has 1 amide bonds. The van der Waals surface area contributed by atoms with E-state index < -0.39 is 0 Å². The minimum absolute atomic E-state index is 0.149. The van der Waals surface area contributed by atoms with Crippen LogP contribution in [0.15, 0.2) is 59.8 Å². The van der Waals surface area contributed by atoms with Crippen molar-refractivity contribution in [3.63, 3.8) is 0 Å². The number of likely N-dealkylation sites (tertiary alicyclic amines) is 1. The molecule has 3 heterocycles. The highest BCUT2D eigenvalue weighted by Gasteiger charge is 2.32. The molecule has 2 aromatic carbocycles. The molecule has 2 saturated heterocycles. The van der Waals surface area contributed by atoms with E-state index in [1.165, 1.54) is 11.8 Å². The summed E-state index contributed by atoms with van der Waals surface area (Å²) in [6.45, 7) is 6.62. The summed E-state index contributed by atoms with van der Waals surface area (Å²) in [5.41, 5.74) is 3.16. The summed E-state index contributed by atoms with van der Waals surface area (Å²) in [7, 11) is 0. The van der Waals surface area contributed by atoms with Crippen molar-refractivity contribution in [2.45, 2.75) is 30.2 Å². The first-order valence-electron chi connectivity index (χ1n) is 11.6. The molecule has 1 unspecified atom stereocenters. The largest absolute Gasteiger partial charge is 0.378 e. The Balaban J connectivity index is 1.56. The minimum Gasteiger partial charge on any atom is -0.378 e. The van der Waals surface area contributed by atoms with Crippen LogP contribution in [0.25, 0.3) is 5.69 Å². The number of hydrogen-bond acceptors (Lipinski definition) is 6. The lowest BCUT2D eigenvalue weighted by atomic mass is 10.1. The number of ether oxygens (including phenoxy) is 1. The molecule has 3 aromatic rings. The van der Waals surface area contributed by atoms with E-state index in [2.05, 4.69) is 38.7 Å². The minimum atomic E-state index is -0.367. The number of carbonyl (C=O) groups excluding carboxylic acids is 1. The van der Waals surface area contributed by atoms with Gasteiger partial charge in [-0.1, -0.05) is 60.3 Å². The maximum absolute atomic E-state index is 13.6. The number of benzene rings is 2. The number of morpholine rings is 1. The molecule has 2 fully saturated rings. The van der Waals surface area contributed by atoms with Gasteiger partial charge in [-0.2, -0.15) is 0 Å². The van der Waals surface area contributed by atoms with Crippen LogP contribution in [-0.2, 0) is 9.53 Å². The normalized spacial score (nSPS) is 17.4. The first-order valence-corrected chi connectivity index (χ1v) is 12.4. The Hall–Kier alpha value is -2.84. The van der Waals surface area contributed by atoms with Crippen molar-refractivity contribution in [2.75, 3.05) is 44.3 Å². The predicted molar refractivity (Wildman–Crippen MR) is 130 cm³/mol. The maximum Gasteiger partial charge on any atom is 0.240 e. The number of aromatic nitrogens is 3. The van der Waals surface area contributed by atoms with Gasteiger partial charge in [0.05, 0.1) is 18.9 Å². The van der Waals surface area contributed by atoms with Crippen LogP contribution in [0.2, 0.25) is 0 Å². The number of rotatable bonds is 6. The molecule has 0 bridgehead atoms. The van der Waals surface area contributed by atoms with Crippen molar-refractivity contribution < 1.29 is 9.53 Å². The summed E-state index contributed by atoms with van der Waals surface area (Å²) in [6.07, 6.45) is 2.14. The third-order valence-corrected chi connectivity index (χ3v) is 7.42. The zero-order valence-corrected chi connectivity index (χ0v) is 19.7. The molecular weight excluding hydrogens is 434 g/mol. The molecule has 0 N–H and O–H groups in total. The maximum atomic E-state index is 13.6. The van der Waals surface area contributed by atoms with Crippen molar-refractivity contribution in [1.82, 2.24) is 19.7 Å². The summed E-state index contributed by atoms with van der Waals surface area (Å²) >= 11 is 1.49. The van der Waals surface area contributed by atoms with Gasteiger partial charge in [-0.05, 0) is 37.0 Å². The van der Waals surface area contributed by atoms with Crippen LogP contribution in [-0.4, -0.2) is 65.0 Å². The fourth-order valence-electron chi connectivity index (χ4n) is 4.43. The van der Waals surface area contributed by atoms with Gasteiger partial charge in [0.15, 0.2) is 5.16 Å². The molecule has 0 aliphatic carbocycles. The summed E-state index contributed by atoms with van der Waals surface area (Å²) < 4.78 is 7.66. The Labute approximate surface area is 198 Å². The molecule has 33 heavy (non-hydrogen) atoms. The summed E-state index contributed by atoms with van der Waals surface area (Å²) in [4.78, 5) is 17.8. The molecule has 2 aliphatic heterocycles. The highest BCUT2D eigenvalue weighted by atomic mass is 32.2. The average Bonchev–Trinajstić information content (AvgIpc) is 3.54. The van der Waals surface area contributed by atoms with E-state index in [0.29, 0.717) is 13.2 Å². The van der Waals surface area contributed by atoms with E-state index in [9.17, 15) is 4.79 Å². The van der Waals surface area contributed by atoms with E-state index in [4.69, 9.17) is 4.74 Å². The van der Waals surface area contributed by atoms with Crippen LogP contribution in [0, 0.1) is 6.92 Å². The zero-order chi connectivity index (χ0) is 22.6. The van der Waals surface area contributed by atoms with Crippen LogP contribution in [0.3, 0.4) is 0 Å². The molecule has 1 aromatic heterocycles. The first kappa shape index (κ1) is 22.0. The van der Waals surface area contributed by atoms with Crippen LogP contribution in [0.4, 0.5) is 5.95 Å². The third-order valence-electron chi connectivity index (χ3n) is 6.23. The summed E-state index contributed by atoms with van der Waals surface area (Å²) in [6, 6.07) is 18.3. The summed E-state index contributed by atoms with van der Waals surface area (Å²) in [5, 5.41) is 9.57. The second-order valence-corrected chi connectivity index (χ2v) is 9.52. The van der Waals surface area contributed by atoms with Crippen molar-refractivity contribution in [3.8, 4) is 5.69 Å². The van der Waals surface area contributed by atoms with E-state index >= 15 is 0 Å². The fraction of sp³-hybridized carbons (Fsp3) is 0.400. The van der Waals surface area contributed by atoms with Gasteiger partial charge in [0.1, 0.15) is 5.25 Å². The zero-order valence-electron chi connectivity index (χ0n) is 18.9. The molecular formula is C25H29N5O2S. The van der Waals surface area contributed by atoms with Crippen LogP contribution in [0.5, 0.6) is 0 Å². The van der Waals surface area contributed by atoms with E-state index in [0.717, 1.165) is 66.9 Å². The van der Waals surface area contributed by atoms with Crippen molar-refractivity contribution in [2.24, 2.45) is 0 Å². The molecule has 2 aliphatic rings. The number of hydrogen-bond donors (Lipinski definition) is 0. The molecule has 7 nitrogen and oxygen atoms in total. The first-order chi connectivity index (χ1) is 16.2. The number of nitrogens with zero attached hydrogens (tertiary/aromatic N) is 5. The molecule has 0 radical (unpaired) electrons. The monoisotopic (exact) mass is 463 g/mol. The molecule has 8 heteroatoms. The Kier molecular flexibility index (Phi) is 6.64. The lowest BCUT2D eigenvalue weighted by Crippen LogP contribution is -2.38. The van der Waals surface area contributed by atoms with Crippen molar-refractivity contribution in [1.29, 1.82) is 0 Å². The Bertz CT molecular complexity index is 1090. The molecule has 0 spiro atoms. The van der Waals surface area contributed by atoms with Crippen LogP contribution in [0.1, 0.15) is 29.2 Å². The smallest absolute Gasteiger partial charge is 0.240 e. The molecule has 5 rings (SSSR count). The van der Waals surface area contributed by atoms with Gasteiger partial charge in [-0.15, -0.1) is 10.2 Å². The van der Waals surface area contributed by atoms with Gasteiger partial charge in [-0.3, -0.25) is 9.36 Å². The SMILES string of the molecule is Cc1ccccc1-n1c(SC(C(=O)N2CCCC2)c2ccccc2)nnc1N1CCOCC1. The number of thioether (sulfide) groups is 1. The number of para-hydroxylation sites is 1. The highest BCUT2D eigenvalue weighted by molar-refractivity contribution is 8.00. The van der Waals surface area contributed by atoms with E-state index in [1.54, 1.807) is 0 Å². The lowest BCUT2D eigenvalue weighted by molar-refractivity contribution is -0.129. The molecule has 0 saturated carbocycles. The van der Waals surface area contributed by atoms with E-state index in [1.807, 2.05) is 47.4 Å². The van der Waals surface area contributed by atoms with Crippen molar-refractivity contribution in [3.05, 3.63) is 65.7 Å². The van der Waals surface area contributed by atoms with E-state index in [-0.39, 0.29) is 11.2 Å². The second kappa shape index (κ2) is 9.97. The number of carbonyl (C=O) groups is 1. The number of anilines is 1. The fourth-order valence-corrected chi connectivity index (χ4v) is 5.56. The van der Waals surface area contributed by atoms with Gasteiger partial charge >= 0.3 is 0 Å². The Morgan fingerprint density at radius 2 is 1.64 bits per heavy atom. The Morgan fingerprint density at radius 3 is 2.36 bits per heavy atom. The highest BCUT2D eigenvalue weighted by Crippen LogP contribution is 2.39. The Morgan fingerprint density at radius 1 is 0.939 bits per heavy atom. The standard InChI is InChI=1S/C25H29N5O2S/c1-19-9-5-6-12-21(19)30-24(29-15-17-32-18-16-29)26-27-25(30)33-22(20-10-3-2-4-11-20)23(31)28-13-7-8-14-28/h2-6,9-12,22H,7-8,13-18H2,1H3. The van der Waals surface area contributed by atoms with Crippen molar-refractivity contribution >= 4 is 23.6 Å². The topological polar surface area (TPSA) is 63.5 Å². The lowest BCUT2D eigenvalue weighted by Gasteiger charge is -2.28. The second-order valence-electron chi connectivity index (χ2n) is 8.44. The molecule has 1 atom stereocenters. The predicted octanol–water partition coefficient (Wildman–Crippen LogP) is 3.87. The molecule has 172 valence electrons. The average molecular weight is 464 g/mol. The quantitative estimate of drug-likeness (QED) is 0.517.